The second kappa shape index (κ2) is 18.3. The van der Waals surface area contributed by atoms with Gasteiger partial charge in [0.2, 0.25) is 5.91 Å². The number of carbonyl (C=O) groups excluding carboxylic acids is 1. The molecular weight excluding hydrogens is 438 g/mol. The van der Waals surface area contributed by atoms with E-state index in [1.54, 1.807) is 11.3 Å². The number of aryl methyl sites for hydroxylation is 1. The number of hydrogen-bond acceptors (Lipinski definition) is 4. The lowest BCUT2D eigenvalue weighted by Gasteiger charge is -2.29. The molecule has 0 aromatic carbocycles. The molecule has 196 valence electrons. The van der Waals surface area contributed by atoms with Crippen molar-refractivity contribution in [2.24, 2.45) is 5.92 Å². The first kappa shape index (κ1) is 29.3. The summed E-state index contributed by atoms with van der Waals surface area (Å²) in [5, 5.41) is 3.83. The zero-order valence-corrected chi connectivity index (χ0v) is 23.5. The Morgan fingerprint density at radius 3 is 1.91 bits per heavy atom. The van der Waals surface area contributed by atoms with Crippen molar-refractivity contribution in [1.29, 1.82) is 0 Å². The highest BCUT2D eigenvalue weighted by atomic mass is 32.1. The highest BCUT2D eigenvalue weighted by molar-refractivity contribution is 7.15. The third-order valence-electron chi connectivity index (χ3n) is 7.39. The van der Waals surface area contributed by atoms with Crippen LogP contribution in [0.15, 0.2) is 0 Å². The van der Waals surface area contributed by atoms with Gasteiger partial charge in [0, 0.05) is 17.8 Å². The smallest absolute Gasteiger partial charge is 0.226 e. The molecule has 4 nitrogen and oxygen atoms in total. The van der Waals surface area contributed by atoms with Gasteiger partial charge in [0.15, 0.2) is 5.13 Å². The van der Waals surface area contributed by atoms with Crippen LogP contribution >= 0.6 is 11.3 Å². The Morgan fingerprint density at radius 1 is 0.882 bits per heavy atom. The Kier molecular flexibility index (Phi) is 15.8. The lowest BCUT2D eigenvalue weighted by molar-refractivity contribution is -0.116. The molecule has 0 radical (unpaired) electrons. The van der Waals surface area contributed by atoms with Crippen molar-refractivity contribution in [3.8, 4) is 0 Å². The van der Waals surface area contributed by atoms with E-state index in [1.165, 1.54) is 121 Å². The molecule has 34 heavy (non-hydrogen) atoms. The van der Waals surface area contributed by atoms with E-state index >= 15 is 0 Å². The summed E-state index contributed by atoms with van der Waals surface area (Å²) < 4.78 is 0. The number of unbranched alkanes of at least 4 members (excludes halogenated alkanes) is 14. The Morgan fingerprint density at radius 2 is 1.38 bits per heavy atom. The minimum atomic E-state index is 0.127. The fraction of sp³-hybridized carbons (Fsp3) is 0.862. The highest BCUT2D eigenvalue weighted by Crippen LogP contribution is 2.26. The first-order chi connectivity index (χ1) is 16.6. The van der Waals surface area contributed by atoms with E-state index in [2.05, 4.69) is 36.0 Å². The van der Waals surface area contributed by atoms with E-state index in [1.807, 2.05) is 0 Å². The third-order valence-corrected chi connectivity index (χ3v) is 8.45. The lowest BCUT2D eigenvalue weighted by Crippen LogP contribution is -2.32. The average Bonchev–Trinajstić information content (AvgIpc) is 3.16. The summed E-state index contributed by atoms with van der Waals surface area (Å²) in [5.41, 5.74) is 1.07. The van der Waals surface area contributed by atoms with Gasteiger partial charge in [-0.1, -0.05) is 104 Å². The summed E-state index contributed by atoms with van der Waals surface area (Å²) in [5.74, 6) is 0.982. The molecule has 0 aliphatic carbocycles. The van der Waals surface area contributed by atoms with Gasteiger partial charge in [0.25, 0.3) is 0 Å². The van der Waals surface area contributed by atoms with Crippen LogP contribution in [0.3, 0.4) is 0 Å². The largest absolute Gasteiger partial charge is 0.302 e. The molecule has 1 N–H and O–H groups in total. The fourth-order valence-corrected chi connectivity index (χ4v) is 5.91. The maximum absolute atomic E-state index is 12.3. The second-order valence-electron chi connectivity index (χ2n) is 10.7. The van der Waals surface area contributed by atoms with Crippen LogP contribution in [-0.4, -0.2) is 28.9 Å². The molecule has 5 heteroatoms. The minimum Gasteiger partial charge on any atom is -0.302 e. The molecule has 0 bridgehead atoms. The van der Waals surface area contributed by atoms with Gasteiger partial charge in [0.1, 0.15) is 0 Å². The zero-order chi connectivity index (χ0) is 24.4. The van der Waals surface area contributed by atoms with E-state index in [-0.39, 0.29) is 5.91 Å². The number of thiazole rings is 1. The quantitative estimate of drug-likeness (QED) is 0.196. The van der Waals surface area contributed by atoms with Crippen LogP contribution in [0.2, 0.25) is 0 Å². The molecule has 1 aliphatic rings. The summed E-state index contributed by atoms with van der Waals surface area (Å²) in [4.78, 5) is 20.8. The van der Waals surface area contributed by atoms with E-state index in [9.17, 15) is 4.79 Å². The number of nitrogens with one attached hydrogen (secondary N) is 1. The van der Waals surface area contributed by atoms with Crippen LogP contribution in [0.5, 0.6) is 0 Å². The number of nitrogens with zero attached hydrogens (tertiary/aromatic N) is 2. The molecule has 2 rings (SSSR count). The standard InChI is InChI=1S/C29H53N3OS/c1-4-5-6-7-8-9-10-11-12-13-14-15-16-17-18-19-28(33)31-29-30-26(3)27(34-29)24-32-22-20-25(2)21-23-32/h25H,4-24H2,1-3H3,(H,30,31,33). The maximum atomic E-state index is 12.3. The maximum Gasteiger partial charge on any atom is 0.226 e. The van der Waals surface area contributed by atoms with Crippen LogP contribution in [0.25, 0.3) is 0 Å². The Hall–Kier alpha value is -0.940. The number of rotatable bonds is 19. The van der Waals surface area contributed by atoms with Crippen LogP contribution in [0.1, 0.15) is 140 Å². The molecule has 1 aromatic rings. The number of amides is 1. The average molecular weight is 492 g/mol. The summed E-state index contributed by atoms with van der Waals surface area (Å²) in [6.07, 6.45) is 23.5. The molecule has 0 saturated carbocycles. The predicted molar refractivity (Wildman–Crippen MR) is 149 cm³/mol. The predicted octanol–water partition coefficient (Wildman–Crippen LogP) is 8.88. The number of anilines is 1. The molecule has 1 aromatic heterocycles. The van der Waals surface area contributed by atoms with Crippen molar-refractivity contribution < 1.29 is 4.79 Å². The Bertz CT molecular complexity index is 652. The van der Waals surface area contributed by atoms with Crippen molar-refractivity contribution in [3.05, 3.63) is 10.6 Å². The number of piperidine rings is 1. The lowest BCUT2D eigenvalue weighted by atomic mass is 9.99. The summed E-state index contributed by atoms with van der Waals surface area (Å²) in [6, 6.07) is 0. The van der Waals surface area contributed by atoms with E-state index in [0.717, 1.165) is 29.7 Å². The van der Waals surface area contributed by atoms with Gasteiger partial charge < -0.3 is 5.32 Å². The number of aromatic nitrogens is 1. The van der Waals surface area contributed by atoms with Gasteiger partial charge in [-0.15, -0.1) is 11.3 Å². The molecule has 0 atom stereocenters. The minimum absolute atomic E-state index is 0.127. The number of carbonyl (C=O) groups is 1. The van der Waals surface area contributed by atoms with Crippen molar-refractivity contribution in [1.82, 2.24) is 9.88 Å². The second-order valence-corrected chi connectivity index (χ2v) is 11.8. The first-order valence-corrected chi connectivity index (χ1v) is 15.4. The van der Waals surface area contributed by atoms with Crippen molar-refractivity contribution >= 4 is 22.4 Å². The molecule has 1 saturated heterocycles. The SMILES string of the molecule is CCCCCCCCCCCCCCCCCC(=O)Nc1nc(C)c(CN2CCC(C)CC2)s1. The summed E-state index contributed by atoms with van der Waals surface area (Å²) in [7, 11) is 0. The number of likely N-dealkylation sites (tertiary alicyclic amines) is 1. The summed E-state index contributed by atoms with van der Waals surface area (Å²) in [6.45, 7) is 10.0. The third kappa shape index (κ3) is 13.2. The highest BCUT2D eigenvalue weighted by Gasteiger charge is 2.18. The molecule has 0 spiro atoms. The molecule has 1 amide bonds. The van der Waals surface area contributed by atoms with Crippen molar-refractivity contribution in [2.45, 2.75) is 143 Å². The molecule has 1 fully saturated rings. The van der Waals surface area contributed by atoms with Gasteiger partial charge in [0.05, 0.1) is 5.69 Å². The van der Waals surface area contributed by atoms with Gasteiger partial charge in [-0.05, 0) is 45.2 Å². The molecule has 1 aliphatic heterocycles. The van der Waals surface area contributed by atoms with Crippen LogP contribution in [0, 0.1) is 12.8 Å². The topological polar surface area (TPSA) is 45.2 Å². The van der Waals surface area contributed by atoms with E-state index in [4.69, 9.17) is 0 Å². The number of hydrogen-bond donors (Lipinski definition) is 1. The van der Waals surface area contributed by atoms with Gasteiger partial charge in [-0.3, -0.25) is 9.69 Å². The van der Waals surface area contributed by atoms with Crippen molar-refractivity contribution in [3.63, 3.8) is 0 Å². The Labute approximate surface area is 214 Å². The molecular formula is C29H53N3OS. The Balaban J connectivity index is 1.43. The molecule has 0 unspecified atom stereocenters. The van der Waals surface area contributed by atoms with Crippen LogP contribution in [-0.2, 0) is 11.3 Å². The van der Waals surface area contributed by atoms with Crippen LogP contribution < -0.4 is 5.32 Å². The van der Waals surface area contributed by atoms with E-state index < -0.39 is 0 Å². The normalized spacial score (nSPS) is 15.1. The van der Waals surface area contributed by atoms with E-state index in [0.29, 0.717) is 6.42 Å². The fourth-order valence-electron chi connectivity index (χ4n) is 4.89. The van der Waals surface area contributed by atoms with Gasteiger partial charge in [-0.25, -0.2) is 4.98 Å². The van der Waals surface area contributed by atoms with Gasteiger partial charge >= 0.3 is 0 Å². The zero-order valence-electron chi connectivity index (χ0n) is 22.6. The van der Waals surface area contributed by atoms with Crippen molar-refractivity contribution in [2.75, 3.05) is 18.4 Å². The molecule has 2 heterocycles. The monoisotopic (exact) mass is 491 g/mol. The first-order valence-electron chi connectivity index (χ1n) is 14.6. The van der Waals surface area contributed by atoms with Gasteiger partial charge in [-0.2, -0.15) is 0 Å². The summed E-state index contributed by atoms with van der Waals surface area (Å²) >= 11 is 1.66. The van der Waals surface area contributed by atoms with Crippen LogP contribution in [0.4, 0.5) is 5.13 Å².